The summed E-state index contributed by atoms with van der Waals surface area (Å²) in [6.07, 6.45) is 4.22. The van der Waals surface area contributed by atoms with Gasteiger partial charge in [-0.3, -0.25) is 9.48 Å². The van der Waals surface area contributed by atoms with Crippen molar-refractivity contribution in [2.75, 3.05) is 6.54 Å². The Kier molecular flexibility index (Phi) is 4.09. The lowest BCUT2D eigenvalue weighted by Gasteiger charge is -2.12. The zero-order valence-electron chi connectivity index (χ0n) is 10.5. The van der Waals surface area contributed by atoms with Gasteiger partial charge in [0.15, 0.2) is 0 Å². The van der Waals surface area contributed by atoms with Gasteiger partial charge in [0.05, 0.1) is 10.7 Å². The molecule has 1 N–H and O–H groups in total. The van der Waals surface area contributed by atoms with Crippen LogP contribution in [0.4, 0.5) is 0 Å². The van der Waals surface area contributed by atoms with Gasteiger partial charge in [0, 0.05) is 30.7 Å². The van der Waals surface area contributed by atoms with Crippen LogP contribution in [0.3, 0.4) is 0 Å². The molecule has 0 spiro atoms. The van der Waals surface area contributed by atoms with Crippen molar-refractivity contribution in [3.8, 4) is 0 Å². The summed E-state index contributed by atoms with van der Waals surface area (Å²) < 4.78 is 1.64. The first kappa shape index (κ1) is 12.8. The molecule has 0 saturated heterocycles. The molecule has 6 heteroatoms. The first-order valence-electron chi connectivity index (χ1n) is 5.84. The minimum atomic E-state index is -0.280. The monoisotopic (exact) mass is 264 g/mol. The molecule has 2 rings (SSSR count). The SMILES string of the molecule is Cc1nc(CCNC(=O)[C@@H](C)n2cccn2)cs1. The van der Waals surface area contributed by atoms with Gasteiger partial charge < -0.3 is 5.32 Å². The standard InChI is InChI=1S/C12H16N4OS/c1-9(16-7-3-5-14-16)12(17)13-6-4-11-8-18-10(2)15-11/h3,5,7-9H,4,6H2,1-2H3,(H,13,17)/t9-/m1/s1. The predicted octanol–water partition coefficient (Wildman–Crippen LogP) is 1.57. The van der Waals surface area contributed by atoms with Crippen LogP contribution >= 0.6 is 11.3 Å². The molecule has 5 nitrogen and oxygen atoms in total. The fourth-order valence-electron chi connectivity index (χ4n) is 1.61. The third kappa shape index (κ3) is 3.16. The summed E-state index contributed by atoms with van der Waals surface area (Å²) >= 11 is 1.63. The van der Waals surface area contributed by atoms with E-state index in [1.807, 2.05) is 25.3 Å². The number of aromatic nitrogens is 3. The first-order valence-corrected chi connectivity index (χ1v) is 6.72. The highest BCUT2D eigenvalue weighted by Gasteiger charge is 2.14. The topological polar surface area (TPSA) is 59.8 Å². The maximum absolute atomic E-state index is 11.8. The molecule has 0 aliphatic carbocycles. The number of carbonyl (C=O) groups excluding carboxylic acids is 1. The highest BCUT2D eigenvalue weighted by molar-refractivity contribution is 7.09. The van der Waals surface area contributed by atoms with Crippen LogP contribution in [-0.2, 0) is 11.2 Å². The van der Waals surface area contributed by atoms with Gasteiger partial charge in [-0.25, -0.2) is 4.98 Å². The van der Waals surface area contributed by atoms with E-state index in [0.29, 0.717) is 6.54 Å². The minimum Gasteiger partial charge on any atom is -0.354 e. The first-order chi connectivity index (χ1) is 8.66. The quantitative estimate of drug-likeness (QED) is 0.891. The van der Waals surface area contributed by atoms with Gasteiger partial charge in [0.25, 0.3) is 0 Å². The Bertz CT molecular complexity index is 506. The number of rotatable bonds is 5. The molecule has 18 heavy (non-hydrogen) atoms. The Balaban J connectivity index is 1.78. The van der Waals surface area contributed by atoms with Crippen molar-refractivity contribution in [2.45, 2.75) is 26.3 Å². The van der Waals surface area contributed by atoms with Crippen LogP contribution in [0.2, 0.25) is 0 Å². The van der Waals surface area contributed by atoms with Gasteiger partial charge in [-0.15, -0.1) is 11.3 Å². The highest BCUT2D eigenvalue weighted by Crippen LogP contribution is 2.08. The molecule has 0 radical (unpaired) electrons. The molecule has 2 aromatic rings. The molecule has 0 unspecified atom stereocenters. The van der Waals surface area contributed by atoms with Crippen LogP contribution < -0.4 is 5.32 Å². The van der Waals surface area contributed by atoms with Gasteiger partial charge in [-0.1, -0.05) is 0 Å². The van der Waals surface area contributed by atoms with Gasteiger partial charge in [0.1, 0.15) is 6.04 Å². The third-order valence-electron chi connectivity index (χ3n) is 2.65. The second-order valence-electron chi connectivity index (χ2n) is 4.06. The summed E-state index contributed by atoms with van der Waals surface area (Å²) in [4.78, 5) is 16.2. The number of nitrogens with zero attached hydrogens (tertiary/aromatic N) is 3. The van der Waals surface area contributed by atoms with Gasteiger partial charge in [-0.2, -0.15) is 5.10 Å². The van der Waals surface area contributed by atoms with E-state index in [9.17, 15) is 4.79 Å². The summed E-state index contributed by atoms with van der Waals surface area (Å²) in [7, 11) is 0. The van der Waals surface area contributed by atoms with Crippen LogP contribution in [0.15, 0.2) is 23.8 Å². The Labute approximate surface area is 110 Å². The van der Waals surface area contributed by atoms with Crippen LogP contribution in [0.5, 0.6) is 0 Å². The van der Waals surface area contributed by atoms with E-state index >= 15 is 0 Å². The van der Waals surface area contributed by atoms with E-state index in [0.717, 1.165) is 17.1 Å². The van der Waals surface area contributed by atoms with Crippen molar-refractivity contribution in [1.82, 2.24) is 20.1 Å². The summed E-state index contributed by atoms with van der Waals surface area (Å²) in [6.45, 7) is 4.41. The molecule has 2 heterocycles. The van der Waals surface area contributed by atoms with Crippen LogP contribution in [0, 0.1) is 6.92 Å². The number of aryl methyl sites for hydroxylation is 1. The lowest BCUT2D eigenvalue weighted by atomic mass is 10.3. The summed E-state index contributed by atoms with van der Waals surface area (Å²) in [5.41, 5.74) is 1.03. The van der Waals surface area contributed by atoms with Crippen LogP contribution in [0.1, 0.15) is 23.7 Å². The minimum absolute atomic E-state index is 0.0225. The Morgan fingerprint density at radius 2 is 2.44 bits per heavy atom. The van der Waals surface area contributed by atoms with Crippen molar-refractivity contribution >= 4 is 17.2 Å². The third-order valence-corrected chi connectivity index (χ3v) is 3.47. The number of carbonyl (C=O) groups is 1. The van der Waals surface area contributed by atoms with E-state index in [2.05, 4.69) is 15.4 Å². The average molecular weight is 264 g/mol. The lowest BCUT2D eigenvalue weighted by molar-refractivity contribution is -0.124. The van der Waals surface area contributed by atoms with Crippen molar-refractivity contribution < 1.29 is 4.79 Å². The maximum atomic E-state index is 11.8. The Hall–Kier alpha value is -1.69. The predicted molar refractivity (Wildman–Crippen MR) is 70.5 cm³/mol. The molecular formula is C12H16N4OS. The number of nitrogens with one attached hydrogen (secondary N) is 1. The molecule has 0 bridgehead atoms. The Morgan fingerprint density at radius 3 is 3.06 bits per heavy atom. The van der Waals surface area contributed by atoms with Gasteiger partial charge in [-0.05, 0) is 19.9 Å². The molecule has 2 aromatic heterocycles. The maximum Gasteiger partial charge on any atom is 0.244 e. The fourth-order valence-corrected chi connectivity index (χ4v) is 2.26. The number of thiazole rings is 1. The summed E-state index contributed by atoms with van der Waals surface area (Å²) in [5, 5.41) is 10.0. The summed E-state index contributed by atoms with van der Waals surface area (Å²) in [5.74, 6) is -0.0225. The number of hydrogen-bond acceptors (Lipinski definition) is 4. The number of hydrogen-bond donors (Lipinski definition) is 1. The molecule has 0 saturated carbocycles. The smallest absolute Gasteiger partial charge is 0.244 e. The van der Waals surface area contributed by atoms with Crippen molar-refractivity contribution in [1.29, 1.82) is 0 Å². The lowest BCUT2D eigenvalue weighted by Crippen LogP contribution is -2.32. The molecule has 1 amide bonds. The van der Waals surface area contributed by atoms with E-state index in [1.54, 1.807) is 28.4 Å². The molecular weight excluding hydrogens is 248 g/mol. The average Bonchev–Trinajstić information content (AvgIpc) is 2.99. The second kappa shape index (κ2) is 5.77. The van der Waals surface area contributed by atoms with E-state index in [4.69, 9.17) is 0 Å². The van der Waals surface area contributed by atoms with Crippen molar-refractivity contribution in [3.05, 3.63) is 34.5 Å². The zero-order chi connectivity index (χ0) is 13.0. The van der Waals surface area contributed by atoms with Crippen molar-refractivity contribution in [2.24, 2.45) is 0 Å². The van der Waals surface area contributed by atoms with Crippen LogP contribution in [0.25, 0.3) is 0 Å². The van der Waals surface area contributed by atoms with E-state index < -0.39 is 0 Å². The highest BCUT2D eigenvalue weighted by atomic mass is 32.1. The van der Waals surface area contributed by atoms with E-state index in [1.165, 1.54) is 0 Å². The Morgan fingerprint density at radius 1 is 1.61 bits per heavy atom. The molecule has 96 valence electrons. The van der Waals surface area contributed by atoms with Crippen molar-refractivity contribution in [3.63, 3.8) is 0 Å². The van der Waals surface area contributed by atoms with Gasteiger partial charge in [0.2, 0.25) is 5.91 Å². The molecule has 0 aliphatic rings. The molecule has 0 aliphatic heterocycles. The zero-order valence-corrected chi connectivity index (χ0v) is 11.3. The molecule has 0 fully saturated rings. The normalized spacial score (nSPS) is 12.3. The largest absolute Gasteiger partial charge is 0.354 e. The van der Waals surface area contributed by atoms with Crippen LogP contribution in [-0.4, -0.2) is 27.2 Å². The second-order valence-corrected chi connectivity index (χ2v) is 5.12. The van der Waals surface area contributed by atoms with Gasteiger partial charge >= 0.3 is 0 Å². The molecule has 1 atom stereocenters. The summed E-state index contributed by atoms with van der Waals surface area (Å²) in [6, 6.07) is 1.53. The fraction of sp³-hybridized carbons (Fsp3) is 0.417. The number of amides is 1. The van der Waals surface area contributed by atoms with E-state index in [-0.39, 0.29) is 11.9 Å². The molecule has 0 aromatic carbocycles.